The first-order valence-corrected chi connectivity index (χ1v) is 8.77. The molecule has 0 bridgehead atoms. The van der Waals surface area contributed by atoms with E-state index in [9.17, 15) is 8.42 Å². The molecule has 0 unspecified atom stereocenters. The van der Waals surface area contributed by atoms with Crippen molar-refractivity contribution in [3.05, 3.63) is 45.9 Å². The first-order chi connectivity index (χ1) is 9.41. The molecule has 4 nitrogen and oxygen atoms in total. The average Bonchev–Trinajstić information content (AvgIpc) is 2.88. The third kappa shape index (κ3) is 3.38. The fourth-order valence-corrected chi connectivity index (χ4v) is 4.43. The van der Waals surface area contributed by atoms with Crippen molar-refractivity contribution in [1.82, 2.24) is 9.29 Å². The summed E-state index contributed by atoms with van der Waals surface area (Å²) in [6.07, 6.45) is 1.40. The highest BCUT2D eigenvalue weighted by Gasteiger charge is 2.27. The number of hydrogen-bond acceptors (Lipinski definition) is 4. The predicted molar refractivity (Wildman–Crippen MR) is 81.4 cm³/mol. The lowest BCUT2D eigenvalue weighted by molar-refractivity contribution is 0.350. The first kappa shape index (κ1) is 15.4. The number of hydrogen-bond donors (Lipinski definition) is 0. The van der Waals surface area contributed by atoms with Gasteiger partial charge in [0.25, 0.3) is 0 Å². The molecule has 0 aliphatic carbocycles. The SMILES string of the molecule is CC(C)N(Cc1cccs1)S(=O)(=O)c1ccnc(Cl)c1. The second kappa shape index (κ2) is 6.22. The van der Waals surface area contributed by atoms with Crippen molar-refractivity contribution in [3.63, 3.8) is 0 Å². The monoisotopic (exact) mass is 330 g/mol. The quantitative estimate of drug-likeness (QED) is 0.789. The van der Waals surface area contributed by atoms with Crippen molar-refractivity contribution < 1.29 is 8.42 Å². The zero-order valence-electron chi connectivity index (χ0n) is 11.2. The van der Waals surface area contributed by atoms with E-state index in [1.807, 2.05) is 31.4 Å². The van der Waals surface area contributed by atoms with Gasteiger partial charge < -0.3 is 0 Å². The molecule has 20 heavy (non-hydrogen) atoms. The van der Waals surface area contributed by atoms with Crippen LogP contribution in [0, 0.1) is 0 Å². The summed E-state index contributed by atoms with van der Waals surface area (Å²) in [7, 11) is -3.58. The zero-order chi connectivity index (χ0) is 14.8. The van der Waals surface area contributed by atoms with Gasteiger partial charge in [0, 0.05) is 23.7 Å². The Labute approximate surface area is 128 Å². The van der Waals surface area contributed by atoms with Gasteiger partial charge in [-0.15, -0.1) is 11.3 Å². The van der Waals surface area contributed by atoms with Crippen LogP contribution in [0.1, 0.15) is 18.7 Å². The lowest BCUT2D eigenvalue weighted by atomic mass is 10.4. The highest BCUT2D eigenvalue weighted by atomic mass is 35.5. The number of aromatic nitrogens is 1. The molecule has 7 heteroatoms. The summed E-state index contributed by atoms with van der Waals surface area (Å²) in [5, 5.41) is 2.11. The third-order valence-corrected chi connectivity index (χ3v) is 5.86. The molecule has 108 valence electrons. The Kier molecular flexibility index (Phi) is 4.80. The van der Waals surface area contributed by atoms with Gasteiger partial charge in [-0.25, -0.2) is 13.4 Å². The minimum absolute atomic E-state index is 0.144. The fraction of sp³-hybridized carbons (Fsp3) is 0.308. The van der Waals surface area contributed by atoms with Crippen LogP contribution in [0.15, 0.2) is 40.7 Å². The molecular weight excluding hydrogens is 316 g/mol. The Morgan fingerprint density at radius 1 is 1.40 bits per heavy atom. The Morgan fingerprint density at radius 2 is 2.15 bits per heavy atom. The lowest BCUT2D eigenvalue weighted by Gasteiger charge is -2.25. The fourth-order valence-electron chi connectivity index (χ4n) is 1.78. The van der Waals surface area contributed by atoms with Crippen molar-refractivity contribution in [1.29, 1.82) is 0 Å². The van der Waals surface area contributed by atoms with Crippen LogP contribution in [0.25, 0.3) is 0 Å². The van der Waals surface area contributed by atoms with Gasteiger partial charge in [0.1, 0.15) is 5.15 Å². The van der Waals surface area contributed by atoms with E-state index >= 15 is 0 Å². The van der Waals surface area contributed by atoms with Crippen LogP contribution in [-0.4, -0.2) is 23.7 Å². The van der Waals surface area contributed by atoms with Crippen LogP contribution >= 0.6 is 22.9 Å². The van der Waals surface area contributed by atoms with Gasteiger partial charge in [-0.3, -0.25) is 0 Å². The van der Waals surface area contributed by atoms with E-state index in [0.717, 1.165) is 4.88 Å². The molecule has 0 amide bonds. The van der Waals surface area contributed by atoms with Crippen LogP contribution in [0.3, 0.4) is 0 Å². The van der Waals surface area contributed by atoms with Crippen molar-refractivity contribution in [3.8, 4) is 0 Å². The van der Waals surface area contributed by atoms with E-state index < -0.39 is 10.0 Å². The minimum Gasteiger partial charge on any atom is -0.244 e. The Morgan fingerprint density at radius 3 is 2.70 bits per heavy atom. The maximum Gasteiger partial charge on any atom is 0.243 e. The molecule has 2 aromatic heterocycles. The molecule has 0 radical (unpaired) electrons. The summed E-state index contributed by atoms with van der Waals surface area (Å²) in [5.74, 6) is 0. The predicted octanol–water partition coefficient (Wildman–Crippen LogP) is 3.40. The molecule has 2 rings (SSSR count). The maximum atomic E-state index is 12.7. The third-order valence-electron chi connectivity index (χ3n) is 2.77. The van der Waals surface area contributed by atoms with Gasteiger partial charge >= 0.3 is 0 Å². The van der Waals surface area contributed by atoms with Gasteiger partial charge in [-0.2, -0.15) is 4.31 Å². The molecule has 0 aliphatic heterocycles. The summed E-state index contributed by atoms with van der Waals surface area (Å²) < 4.78 is 26.9. The van der Waals surface area contributed by atoms with Crippen LogP contribution in [0.2, 0.25) is 5.15 Å². The molecule has 0 fully saturated rings. The Hall–Kier alpha value is -0.950. The van der Waals surface area contributed by atoms with Gasteiger partial charge in [0.2, 0.25) is 10.0 Å². The van der Waals surface area contributed by atoms with Crippen LogP contribution in [0.5, 0.6) is 0 Å². The number of pyridine rings is 1. The van der Waals surface area contributed by atoms with Crippen molar-refractivity contribution in [2.75, 3.05) is 0 Å². The first-order valence-electron chi connectivity index (χ1n) is 6.07. The number of thiophene rings is 1. The maximum absolute atomic E-state index is 12.7. The molecule has 0 N–H and O–H groups in total. The normalized spacial score (nSPS) is 12.2. The van der Waals surface area contributed by atoms with Gasteiger partial charge in [-0.1, -0.05) is 17.7 Å². The van der Waals surface area contributed by atoms with Crippen molar-refractivity contribution in [2.24, 2.45) is 0 Å². The molecule has 0 aromatic carbocycles. The highest BCUT2D eigenvalue weighted by Crippen LogP contribution is 2.23. The average molecular weight is 331 g/mol. The Bertz CT molecular complexity index is 669. The number of halogens is 1. The van der Waals surface area contributed by atoms with E-state index in [1.165, 1.54) is 34.0 Å². The van der Waals surface area contributed by atoms with Gasteiger partial charge in [0.05, 0.1) is 4.90 Å². The highest BCUT2D eigenvalue weighted by molar-refractivity contribution is 7.89. The minimum atomic E-state index is -3.58. The smallest absolute Gasteiger partial charge is 0.243 e. The molecule has 0 atom stereocenters. The Balaban J connectivity index is 2.37. The summed E-state index contributed by atoms with van der Waals surface area (Å²) in [6, 6.07) is 6.53. The molecular formula is C13H15ClN2O2S2. The van der Waals surface area contributed by atoms with Crippen LogP contribution in [-0.2, 0) is 16.6 Å². The second-order valence-corrected chi connectivity index (χ2v) is 7.85. The molecule has 0 saturated carbocycles. The van der Waals surface area contributed by atoms with Gasteiger partial charge in [0.15, 0.2) is 0 Å². The molecule has 0 saturated heterocycles. The van der Waals surface area contributed by atoms with Crippen LogP contribution in [0.4, 0.5) is 0 Å². The standard InChI is InChI=1S/C13H15ClN2O2S2/c1-10(2)16(9-11-4-3-7-19-11)20(17,18)12-5-6-15-13(14)8-12/h3-8,10H,9H2,1-2H3. The number of sulfonamides is 1. The summed E-state index contributed by atoms with van der Waals surface area (Å²) in [5.41, 5.74) is 0. The van der Waals surface area contributed by atoms with Crippen molar-refractivity contribution >= 4 is 33.0 Å². The molecule has 2 aromatic rings. The molecule has 0 aliphatic rings. The van der Waals surface area contributed by atoms with Crippen molar-refractivity contribution in [2.45, 2.75) is 31.3 Å². The summed E-state index contributed by atoms with van der Waals surface area (Å²) in [6.45, 7) is 4.07. The summed E-state index contributed by atoms with van der Waals surface area (Å²) in [4.78, 5) is 4.99. The lowest BCUT2D eigenvalue weighted by Crippen LogP contribution is -2.36. The van der Waals surface area contributed by atoms with E-state index in [4.69, 9.17) is 11.6 Å². The van der Waals surface area contributed by atoms with Crippen LogP contribution < -0.4 is 0 Å². The van der Waals surface area contributed by atoms with E-state index in [2.05, 4.69) is 4.98 Å². The van der Waals surface area contributed by atoms with E-state index in [1.54, 1.807) is 0 Å². The number of nitrogens with zero attached hydrogens (tertiary/aromatic N) is 2. The molecule has 2 heterocycles. The van der Waals surface area contributed by atoms with Gasteiger partial charge in [-0.05, 0) is 37.4 Å². The zero-order valence-corrected chi connectivity index (χ0v) is 13.5. The van der Waals surface area contributed by atoms with E-state index in [0.29, 0.717) is 6.54 Å². The number of rotatable bonds is 5. The van der Waals surface area contributed by atoms with E-state index in [-0.39, 0.29) is 16.1 Å². The summed E-state index contributed by atoms with van der Waals surface area (Å²) >= 11 is 7.32. The topological polar surface area (TPSA) is 50.3 Å². The second-order valence-electron chi connectivity index (χ2n) is 4.54. The molecule has 0 spiro atoms. The largest absolute Gasteiger partial charge is 0.244 e.